The summed E-state index contributed by atoms with van der Waals surface area (Å²) in [4.78, 5) is 15.7. The zero-order chi connectivity index (χ0) is 21.0. The molecule has 1 saturated heterocycles. The average molecular weight is 422 g/mol. The Morgan fingerprint density at radius 3 is 2.38 bits per heavy atom. The van der Waals surface area contributed by atoms with Crippen LogP contribution in [-0.2, 0) is 10.0 Å². The number of benzene rings is 1. The molecule has 3 rings (SSSR count). The lowest BCUT2D eigenvalue weighted by Crippen LogP contribution is -2.41. The molecule has 1 heterocycles. The van der Waals surface area contributed by atoms with E-state index < -0.39 is 10.0 Å². The Balaban J connectivity index is 1.96. The van der Waals surface area contributed by atoms with Gasteiger partial charge in [-0.05, 0) is 49.8 Å². The van der Waals surface area contributed by atoms with Crippen LogP contribution in [0.4, 0.5) is 5.69 Å². The molecular formula is C22H35N3O3S. The second-order valence-corrected chi connectivity index (χ2v) is 10.2. The summed E-state index contributed by atoms with van der Waals surface area (Å²) < 4.78 is 27.5. The smallest absolute Gasteiger partial charge is 0.253 e. The summed E-state index contributed by atoms with van der Waals surface area (Å²) in [5.74, 6) is 0.299. The van der Waals surface area contributed by atoms with Gasteiger partial charge in [0, 0.05) is 37.9 Å². The van der Waals surface area contributed by atoms with Gasteiger partial charge < -0.3 is 10.2 Å². The van der Waals surface area contributed by atoms with Crippen molar-refractivity contribution in [2.45, 2.75) is 70.2 Å². The minimum absolute atomic E-state index is 0.151. The first-order chi connectivity index (χ1) is 13.9. The molecule has 2 atom stereocenters. The molecule has 0 radical (unpaired) electrons. The van der Waals surface area contributed by atoms with Crippen molar-refractivity contribution in [2.24, 2.45) is 5.92 Å². The maximum atomic E-state index is 13.3. The lowest BCUT2D eigenvalue weighted by atomic mass is 9.86. The van der Waals surface area contributed by atoms with E-state index in [0.29, 0.717) is 24.6 Å². The lowest BCUT2D eigenvalue weighted by molar-refractivity contribution is 0.0910. The van der Waals surface area contributed by atoms with Crippen molar-refractivity contribution in [3.8, 4) is 0 Å². The number of carbonyl (C=O) groups is 1. The van der Waals surface area contributed by atoms with Crippen molar-refractivity contribution < 1.29 is 13.2 Å². The van der Waals surface area contributed by atoms with Crippen LogP contribution in [0.1, 0.15) is 69.7 Å². The summed E-state index contributed by atoms with van der Waals surface area (Å²) >= 11 is 0. The van der Waals surface area contributed by atoms with Gasteiger partial charge in [0.05, 0.1) is 10.5 Å². The van der Waals surface area contributed by atoms with E-state index in [2.05, 4.69) is 17.1 Å². The van der Waals surface area contributed by atoms with Gasteiger partial charge in [-0.25, -0.2) is 8.42 Å². The van der Waals surface area contributed by atoms with Gasteiger partial charge in [-0.15, -0.1) is 0 Å². The van der Waals surface area contributed by atoms with Crippen molar-refractivity contribution in [2.75, 3.05) is 31.1 Å². The quantitative estimate of drug-likeness (QED) is 0.730. The molecule has 1 saturated carbocycles. The third kappa shape index (κ3) is 4.77. The first kappa shape index (κ1) is 22.1. The molecule has 162 valence electrons. The predicted octanol–water partition coefficient (Wildman–Crippen LogP) is 3.63. The van der Waals surface area contributed by atoms with Gasteiger partial charge in [-0.3, -0.25) is 4.79 Å². The molecule has 0 spiro atoms. The van der Waals surface area contributed by atoms with Crippen molar-refractivity contribution >= 4 is 21.6 Å². The van der Waals surface area contributed by atoms with E-state index in [1.54, 1.807) is 12.1 Å². The van der Waals surface area contributed by atoms with Crippen LogP contribution in [0.25, 0.3) is 0 Å². The summed E-state index contributed by atoms with van der Waals surface area (Å²) in [5, 5.41) is 3.21. The molecule has 1 aliphatic carbocycles. The maximum Gasteiger partial charge on any atom is 0.253 e. The molecule has 1 amide bonds. The third-order valence-electron chi connectivity index (χ3n) is 6.43. The second-order valence-electron chi connectivity index (χ2n) is 8.30. The van der Waals surface area contributed by atoms with Gasteiger partial charge in [0.2, 0.25) is 10.0 Å². The van der Waals surface area contributed by atoms with Gasteiger partial charge in [0.25, 0.3) is 5.91 Å². The molecule has 0 bridgehead atoms. The Labute approximate surface area is 175 Å². The number of hydrogen-bond donors (Lipinski definition) is 1. The van der Waals surface area contributed by atoms with Crippen LogP contribution in [-0.4, -0.2) is 50.9 Å². The Hall–Kier alpha value is -1.60. The predicted molar refractivity (Wildman–Crippen MR) is 117 cm³/mol. The highest BCUT2D eigenvalue weighted by atomic mass is 32.2. The fraction of sp³-hybridized carbons (Fsp3) is 0.682. The highest BCUT2D eigenvalue weighted by molar-refractivity contribution is 7.89. The summed E-state index contributed by atoms with van der Waals surface area (Å²) in [6.45, 7) is 8.48. The highest BCUT2D eigenvalue weighted by Gasteiger charge is 2.28. The average Bonchev–Trinajstić information content (AvgIpc) is 3.24. The van der Waals surface area contributed by atoms with Crippen LogP contribution in [0.15, 0.2) is 23.1 Å². The molecule has 7 heteroatoms. The summed E-state index contributed by atoms with van der Waals surface area (Å²) in [6.07, 6.45) is 6.65. The maximum absolute atomic E-state index is 13.3. The van der Waals surface area contributed by atoms with E-state index >= 15 is 0 Å². The number of hydrogen-bond acceptors (Lipinski definition) is 4. The highest BCUT2D eigenvalue weighted by Crippen LogP contribution is 2.30. The molecule has 2 aliphatic rings. The number of carbonyl (C=O) groups excluding carboxylic acids is 1. The molecule has 1 N–H and O–H groups in total. The van der Waals surface area contributed by atoms with Crippen LogP contribution in [0.3, 0.4) is 0 Å². The molecule has 6 nitrogen and oxygen atoms in total. The number of nitrogens with one attached hydrogen (secondary N) is 1. The number of amides is 1. The van der Waals surface area contributed by atoms with Crippen molar-refractivity contribution in [3.05, 3.63) is 23.8 Å². The normalized spacial score (nSPS) is 22.8. The van der Waals surface area contributed by atoms with Crippen LogP contribution >= 0.6 is 0 Å². The molecule has 2 fully saturated rings. The second kappa shape index (κ2) is 9.47. The van der Waals surface area contributed by atoms with Crippen molar-refractivity contribution in [1.82, 2.24) is 9.62 Å². The van der Waals surface area contributed by atoms with E-state index in [9.17, 15) is 13.2 Å². The standard InChI is InChI=1S/C22H35N3O3S/c1-4-25(5-2)29(27,28)18-12-13-21(24-14-8-9-15-24)19(16-18)22(26)23-20-11-7-6-10-17(20)3/h12-13,16-17,20H,4-11,14-15H2,1-3H3,(H,23,26). The molecule has 1 aromatic carbocycles. The first-order valence-electron chi connectivity index (χ1n) is 11.1. The van der Waals surface area contributed by atoms with Gasteiger partial charge in [0.1, 0.15) is 0 Å². The van der Waals surface area contributed by atoms with E-state index in [0.717, 1.165) is 50.9 Å². The van der Waals surface area contributed by atoms with Crippen molar-refractivity contribution in [3.63, 3.8) is 0 Å². The topological polar surface area (TPSA) is 69.7 Å². The van der Waals surface area contributed by atoms with Crippen LogP contribution < -0.4 is 10.2 Å². The van der Waals surface area contributed by atoms with Crippen LogP contribution in [0.5, 0.6) is 0 Å². The van der Waals surface area contributed by atoms with E-state index in [1.807, 2.05) is 19.9 Å². The summed E-state index contributed by atoms with van der Waals surface area (Å²) in [5.41, 5.74) is 1.33. The Kier molecular flexibility index (Phi) is 7.22. The summed E-state index contributed by atoms with van der Waals surface area (Å²) in [7, 11) is -3.61. The Morgan fingerprint density at radius 2 is 1.76 bits per heavy atom. The fourth-order valence-corrected chi connectivity index (χ4v) is 6.07. The molecule has 2 unspecified atom stereocenters. The number of rotatable bonds is 7. The van der Waals surface area contributed by atoms with E-state index in [1.165, 1.54) is 10.7 Å². The number of anilines is 1. The molecular weight excluding hydrogens is 386 g/mol. The molecule has 0 aromatic heterocycles. The minimum Gasteiger partial charge on any atom is -0.371 e. The zero-order valence-corrected chi connectivity index (χ0v) is 18.8. The van der Waals surface area contributed by atoms with Gasteiger partial charge in [-0.1, -0.05) is 33.6 Å². The number of sulfonamides is 1. The first-order valence-corrected chi connectivity index (χ1v) is 12.5. The van der Waals surface area contributed by atoms with Gasteiger partial charge in [-0.2, -0.15) is 4.31 Å². The molecule has 29 heavy (non-hydrogen) atoms. The molecule has 1 aromatic rings. The van der Waals surface area contributed by atoms with E-state index in [4.69, 9.17) is 0 Å². The van der Waals surface area contributed by atoms with Crippen LogP contribution in [0, 0.1) is 5.92 Å². The SMILES string of the molecule is CCN(CC)S(=O)(=O)c1ccc(N2CCCC2)c(C(=O)NC2CCCCC2C)c1. The largest absolute Gasteiger partial charge is 0.371 e. The fourth-order valence-electron chi connectivity index (χ4n) is 4.58. The van der Waals surface area contributed by atoms with Crippen LogP contribution in [0.2, 0.25) is 0 Å². The van der Waals surface area contributed by atoms with E-state index in [-0.39, 0.29) is 16.8 Å². The minimum atomic E-state index is -3.61. The Bertz CT molecular complexity index is 815. The zero-order valence-electron chi connectivity index (χ0n) is 18.0. The third-order valence-corrected chi connectivity index (χ3v) is 8.48. The van der Waals surface area contributed by atoms with Crippen molar-refractivity contribution in [1.29, 1.82) is 0 Å². The lowest BCUT2D eigenvalue weighted by Gasteiger charge is -2.30. The number of nitrogens with zero attached hydrogens (tertiary/aromatic N) is 2. The molecule has 1 aliphatic heterocycles. The monoisotopic (exact) mass is 421 g/mol. The van der Waals surface area contributed by atoms with Gasteiger partial charge in [0.15, 0.2) is 0 Å². The Morgan fingerprint density at radius 1 is 1.10 bits per heavy atom. The summed E-state index contributed by atoms with van der Waals surface area (Å²) in [6, 6.07) is 5.22. The van der Waals surface area contributed by atoms with Gasteiger partial charge >= 0.3 is 0 Å².